The third-order valence-electron chi connectivity index (χ3n) is 4.08. The fraction of sp³-hybridized carbons (Fsp3) is 0.333. The van der Waals surface area contributed by atoms with E-state index in [1.165, 1.54) is 6.92 Å². The minimum Gasteiger partial charge on any atom is -0.497 e. The highest BCUT2D eigenvalue weighted by atomic mass is 16.5. The lowest BCUT2D eigenvalue weighted by molar-refractivity contribution is -0.129. The summed E-state index contributed by atoms with van der Waals surface area (Å²) in [5.41, 5.74) is 1.65. The molecule has 144 valence electrons. The number of aryl methyl sites for hydroxylation is 1. The van der Waals surface area contributed by atoms with Gasteiger partial charge in [-0.15, -0.1) is 0 Å². The number of nitrogens with one attached hydrogen (secondary N) is 1. The second-order valence-electron chi connectivity index (χ2n) is 6.16. The molecule has 0 saturated carbocycles. The van der Waals surface area contributed by atoms with Gasteiger partial charge < -0.3 is 19.7 Å². The molecule has 0 aliphatic heterocycles. The van der Waals surface area contributed by atoms with Crippen LogP contribution >= 0.6 is 0 Å². The Morgan fingerprint density at radius 2 is 1.74 bits per heavy atom. The Morgan fingerprint density at radius 3 is 2.37 bits per heavy atom. The Kier molecular flexibility index (Phi) is 7.67. The second kappa shape index (κ2) is 10.2. The van der Waals surface area contributed by atoms with Crippen LogP contribution in [0.5, 0.6) is 11.5 Å². The van der Waals surface area contributed by atoms with Gasteiger partial charge in [0.1, 0.15) is 18.1 Å². The van der Waals surface area contributed by atoms with Crippen LogP contribution in [0.2, 0.25) is 0 Å². The van der Waals surface area contributed by atoms with Crippen LogP contribution in [-0.4, -0.2) is 50.1 Å². The Hall–Kier alpha value is -3.02. The molecule has 1 N–H and O–H groups in total. The molecule has 0 aliphatic rings. The summed E-state index contributed by atoms with van der Waals surface area (Å²) in [5, 5.41) is 2.84. The maximum absolute atomic E-state index is 12.2. The molecule has 0 atom stereocenters. The van der Waals surface area contributed by atoms with E-state index in [1.54, 1.807) is 18.1 Å². The zero-order chi connectivity index (χ0) is 19.6. The number of carbonyl (C=O) groups excluding carboxylic acids is 2. The zero-order valence-electron chi connectivity index (χ0n) is 16.0. The van der Waals surface area contributed by atoms with Gasteiger partial charge in [-0.3, -0.25) is 9.59 Å². The van der Waals surface area contributed by atoms with Gasteiger partial charge >= 0.3 is 0 Å². The van der Waals surface area contributed by atoms with Crippen LogP contribution in [0.15, 0.2) is 48.5 Å². The van der Waals surface area contributed by atoms with Crippen LogP contribution in [0.1, 0.15) is 22.8 Å². The lowest BCUT2D eigenvalue weighted by Gasteiger charge is -2.21. The quantitative estimate of drug-likeness (QED) is 0.737. The first-order valence-corrected chi connectivity index (χ1v) is 8.87. The highest BCUT2D eigenvalue weighted by Crippen LogP contribution is 2.16. The van der Waals surface area contributed by atoms with E-state index >= 15 is 0 Å². The summed E-state index contributed by atoms with van der Waals surface area (Å²) >= 11 is 0. The van der Waals surface area contributed by atoms with Gasteiger partial charge in [-0.2, -0.15) is 0 Å². The van der Waals surface area contributed by atoms with Crippen molar-refractivity contribution in [1.29, 1.82) is 0 Å². The molecule has 27 heavy (non-hydrogen) atoms. The van der Waals surface area contributed by atoms with Crippen molar-refractivity contribution < 1.29 is 19.1 Å². The number of carbonyl (C=O) groups is 2. The monoisotopic (exact) mass is 370 g/mol. The minimum atomic E-state index is -0.142. The third kappa shape index (κ3) is 6.66. The number of hydrogen-bond donors (Lipinski definition) is 1. The molecular formula is C21H26N2O4. The maximum atomic E-state index is 12.2. The number of benzene rings is 2. The molecule has 6 nitrogen and oxygen atoms in total. The lowest BCUT2D eigenvalue weighted by Crippen LogP contribution is -2.39. The predicted molar refractivity (Wildman–Crippen MR) is 104 cm³/mol. The summed E-state index contributed by atoms with van der Waals surface area (Å²) < 4.78 is 10.8. The van der Waals surface area contributed by atoms with Crippen LogP contribution in [0, 0.1) is 6.92 Å². The minimum absolute atomic E-state index is 0.0573. The van der Waals surface area contributed by atoms with Crippen LogP contribution in [-0.2, 0) is 4.79 Å². The van der Waals surface area contributed by atoms with Gasteiger partial charge in [-0.25, -0.2) is 0 Å². The average Bonchev–Trinajstić information content (AvgIpc) is 2.67. The van der Waals surface area contributed by atoms with Crippen LogP contribution < -0.4 is 14.8 Å². The van der Waals surface area contributed by atoms with Crippen LogP contribution in [0.3, 0.4) is 0 Å². The van der Waals surface area contributed by atoms with Crippen molar-refractivity contribution in [3.8, 4) is 11.5 Å². The van der Waals surface area contributed by atoms with Gasteiger partial charge in [0.15, 0.2) is 0 Å². The number of amides is 2. The molecule has 0 heterocycles. The largest absolute Gasteiger partial charge is 0.497 e. The predicted octanol–water partition coefficient (Wildman–Crippen LogP) is 2.66. The van der Waals surface area contributed by atoms with E-state index in [0.717, 1.165) is 11.3 Å². The van der Waals surface area contributed by atoms with Crippen molar-refractivity contribution in [2.45, 2.75) is 13.8 Å². The lowest BCUT2D eigenvalue weighted by atomic mass is 10.1. The molecule has 0 radical (unpaired) electrons. The molecule has 2 aromatic carbocycles. The number of nitrogens with zero attached hydrogens (tertiary/aromatic N) is 1. The highest BCUT2D eigenvalue weighted by molar-refractivity contribution is 5.94. The Labute approximate surface area is 160 Å². The summed E-state index contributed by atoms with van der Waals surface area (Å²) in [6.45, 7) is 5.08. The average molecular weight is 370 g/mol. The molecule has 0 aromatic heterocycles. The summed E-state index contributed by atoms with van der Waals surface area (Å²) in [6.07, 6.45) is 0. The Morgan fingerprint density at radius 1 is 1.04 bits per heavy atom. The molecule has 2 amide bonds. The van der Waals surface area contributed by atoms with E-state index in [9.17, 15) is 9.59 Å². The summed E-state index contributed by atoms with van der Waals surface area (Å²) in [6, 6.07) is 14.7. The van der Waals surface area contributed by atoms with Crippen molar-refractivity contribution in [1.82, 2.24) is 10.2 Å². The van der Waals surface area contributed by atoms with Gasteiger partial charge in [0.05, 0.1) is 13.7 Å². The smallest absolute Gasteiger partial charge is 0.251 e. The van der Waals surface area contributed by atoms with E-state index in [1.807, 2.05) is 49.4 Å². The molecule has 0 spiro atoms. The van der Waals surface area contributed by atoms with Gasteiger partial charge in [0.2, 0.25) is 5.91 Å². The second-order valence-corrected chi connectivity index (χ2v) is 6.16. The zero-order valence-corrected chi connectivity index (χ0v) is 16.0. The van der Waals surface area contributed by atoms with E-state index < -0.39 is 0 Å². The van der Waals surface area contributed by atoms with Gasteiger partial charge in [0.25, 0.3) is 5.91 Å². The normalized spacial score (nSPS) is 10.2. The van der Waals surface area contributed by atoms with Crippen molar-refractivity contribution in [3.05, 3.63) is 59.7 Å². The highest BCUT2D eigenvalue weighted by Gasteiger charge is 2.10. The third-order valence-corrected chi connectivity index (χ3v) is 4.08. The SMILES string of the molecule is COc1ccc(OCCN(CCNC(=O)c2cccc(C)c2)C(C)=O)cc1. The van der Waals surface area contributed by atoms with Crippen LogP contribution in [0.25, 0.3) is 0 Å². The van der Waals surface area contributed by atoms with Crippen molar-refractivity contribution in [3.63, 3.8) is 0 Å². The Bertz CT molecular complexity index is 759. The summed E-state index contributed by atoms with van der Waals surface area (Å²) in [7, 11) is 1.61. The first-order valence-electron chi connectivity index (χ1n) is 8.87. The van der Waals surface area contributed by atoms with Gasteiger partial charge in [-0.05, 0) is 43.3 Å². The molecule has 0 unspecified atom stereocenters. The first kappa shape index (κ1) is 20.3. The number of hydrogen-bond acceptors (Lipinski definition) is 4. The maximum Gasteiger partial charge on any atom is 0.251 e. The van der Waals surface area contributed by atoms with Crippen molar-refractivity contribution in [2.75, 3.05) is 33.4 Å². The number of methoxy groups -OCH3 is 1. The number of ether oxygens (including phenoxy) is 2. The topological polar surface area (TPSA) is 67.9 Å². The summed E-state index contributed by atoms with van der Waals surface area (Å²) in [4.78, 5) is 25.6. The fourth-order valence-electron chi connectivity index (χ4n) is 2.57. The summed E-state index contributed by atoms with van der Waals surface area (Å²) in [5.74, 6) is 1.28. The molecular weight excluding hydrogens is 344 g/mol. The first-order chi connectivity index (χ1) is 13.0. The van der Waals surface area contributed by atoms with E-state index in [0.29, 0.717) is 37.6 Å². The van der Waals surface area contributed by atoms with Gasteiger partial charge in [0, 0.05) is 25.6 Å². The molecule has 0 fully saturated rings. The molecule has 6 heteroatoms. The van der Waals surface area contributed by atoms with E-state index in [2.05, 4.69) is 5.32 Å². The van der Waals surface area contributed by atoms with Gasteiger partial charge in [-0.1, -0.05) is 17.7 Å². The standard InChI is InChI=1S/C21H26N2O4/c1-16-5-4-6-18(15-16)21(25)22-11-12-23(17(2)24)13-14-27-20-9-7-19(26-3)8-10-20/h4-10,15H,11-14H2,1-3H3,(H,22,25). The molecule has 0 saturated heterocycles. The van der Waals surface area contributed by atoms with Crippen molar-refractivity contribution in [2.24, 2.45) is 0 Å². The van der Waals surface area contributed by atoms with E-state index in [4.69, 9.17) is 9.47 Å². The molecule has 0 bridgehead atoms. The van der Waals surface area contributed by atoms with Crippen molar-refractivity contribution >= 4 is 11.8 Å². The Balaban J connectivity index is 1.76. The van der Waals surface area contributed by atoms with E-state index in [-0.39, 0.29) is 11.8 Å². The fourth-order valence-corrected chi connectivity index (χ4v) is 2.57. The van der Waals surface area contributed by atoms with Crippen LogP contribution in [0.4, 0.5) is 0 Å². The number of rotatable bonds is 9. The molecule has 2 rings (SSSR count). The molecule has 0 aliphatic carbocycles. The molecule has 2 aromatic rings.